The van der Waals surface area contributed by atoms with Crippen LogP contribution in [-0.4, -0.2) is 6.21 Å². The van der Waals surface area contributed by atoms with Gasteiger partial charge in [0.2, 0.25) is 0 Å². The molecule has 0 spiro atoms. The van der Waals surface area contributed by atoms with Crippen LogP contribution < -0.4 is 0 Å². The zero-order valence-electron chi connectivity index (χ0n) is 11.0. The van der Waals surface area contributed by atoms with Crippen molar-refractivity contribution < 1.29 is 0 Å². The highest BCUT2D eigenvalue weighted by Gasteiger charge is 2.02. The Hall–Kier alpha value is -1.63. The molecule has 0 bridgehead atoms. The maximum Gasteiger partial charge on any atom is 0.0729 e. The summed E-state index contributed by atoms with van der Waals surface area (Å²) in [4.78, 5) is 4.57. The number of nitrogens with zero attached hydrogens (tertiary/aromatic N) is 1. The summed E-state index contributed by atoms with van der Waals surface area (Å²) >= 11 is 0. The minimum Gasteiger partial charge on any atom is -0.260 e. The minimum absolute atomic E-state index is 0.968. The molecule has 0 fully saturated rings. The van der Waals surface area contributed by atoms with Crippen molar-refractivity contribution in [2.75, 3.05) is 0 Å². The van der Waals surface area contributed by atoms with Crippen LogP contribution in [0.5, 0.6) is 0 Å². The molecule has 0 aliphatic carbocycles. The van der Waals surface area contributed by atoms with Crippen molar-refractivity contribution >= 4 is 18.0 Å². The fourth-order valence-corrected chi connectivity index (χ4v) is 1.64. The van der Waals surface area contributed by atoms with Gasteiger partial charge in [-0.05, 0) is 25.3 Å². The lowest BCUT2D eigenvalue weighted by Crippen LogP contribution is -1.85. The van der Waals surface area contributed by atoms with Crippen LogP contribution in [0.4, 0.5) is 5.69 Å². The largest absolute Gasteiger partial charge is 0.260 e. The van der Waals surface area contributed by atoms with E-state index in [2.05, 4.69) is 49.2 Å². The number of aliphatic imine (C=N–C) groups is 1. The molecule has 1 aromatic carbocycles. The van der Waals surface area contributed by atoms with Crippen LogP contribution in [0.1, 0.15) is 38.3 Å². The first-order valence-corrected chi connectivity index (χ1v) is 6.27. The van der Waals surface area contributed by atoms with Gasteiger partial charge in [0.25, 0.3) is 0 Å². The van der Waals surface area contributed by atoms with Crippen molar-refractivity contribution in [2.24, 2.45) is 4.99 Å². The van der Waals surface area contributed by atoms with Gasteiger partial charge >= 0.3 is 0 Å². The third-order valence-electron chi connectivity index (χ3n) is 2.51. The molecule has 1 nitrogen and oxygen atoms in total. The lowest BCUT2D eigenvalue weighted by molar-refractivity contribution is 1.13. The second kappa shape index (κ2) is 7.61. The van der Waals surface area contributed by atoms with Crippen molar-refractivity contribution in [1.82, 2.24) is 0 Å². The Morgan fingerprint density at radius 1 is 1.18 bits per heavy atom. The Kier molecular flexibility index (Phi) is 6.02. The zero-order chi connectivity index (χ0) is 12.5. The first kappa shape index (κ1) is 13.4. The predicted octanol–water partition coefficient (Wildman–Crippen LogP) is 4.95. The Bertz CT molecular complexity index is 425. The summed E-state index contributed by atoms with van der Waals surface area (Å²) in [5.74, 6) is 0. The molecule has 1 aromatic rings. The van der Waals surface area contributed by atoms with E-state index in [1.165, 1.54) is 11.1 Å². The predicted molar refractivity (Wildman–Crippen MR) is 78.1 cm³/mol. The number of allylic oxidation sites excluding steroid dienone is 3. The van der Waals surface area contributed by atoms with Gasteiger partial charge in [0.1, 0.15) is 0 Å². The summed E-state index contributed by atoms with van der Waals surface area (Å²) in [5.41, 5.74) is 3.60. The van der Waals surface area contributed by atoms with Gasteiger partial charge < -0.3 is 0 Å². The van der Waals surface area contributed by atoms with Crippen molar-refractivity contribution in [3.05, 3.63) is 47.6 Å². The molecule has 90 valence electrons. The molecule has 0 aliphatic heterocycles. The van der Waals surface area contributed by atoms with Crippen molar-refractivity contribution in [3.63, 3.8) is 0 Å². The molecule has 0 amide bonds. The summed E-state index contributed by atoms with van der Waals surface area (Å²) in [6.07, 6.45) is 12.2. The molecule has 0 saturated heterocycles. The third-order valence-corrected chi connectivity index (χ3v) is 2.51. The van der Waals surface area contributed by atoms with Gasteiger partial charge in [-0.1, -0.05) is 56.4 Å². The van der Waals surface area contributed by atoms with Crippen LogP contribution >= 0.6 is 0 Å². The fraction of sp³-hybridized carbons (Fsp3) is 0.312. The highest BCUT2D eigenvalue weighted by atomic mass is 14.7. The SMILES string of the molecule is C/C=C\C=C/c1cccc(CC)c1N=CCC. The molecule has 1 heteroatoms. The molecule has 0 atom stereocenters. The van der Waals surface area contributed by atoms with Crippen molar-refractivity contribution in [1.29, 1.82) is 0 Å². The summed E-state index contributed by atoms with van der Waals surface area (Å²) < 4.78 is 0. The maximum atomic E-state index is 4.57. The van der Waals surface area contributed by atoms with Gasteiger partial charge in [0.05, 0.1) is 5.69 Å². The van der Waals surface area contributed by atoms with Crippen LogP contribution in [0.3, 0.4) is 0 Å². The van der Waals surface area contributed by atoms with E-state index in [1.54, 1.807) is 0 Å². The van der Waals surface area contributed by atoms with Crippen molar-refractivity contribution in [2.45, 2.75) is 33.6 Å². The lowest BCUT2D eigenvalue weighted by atomic mass is 10.0. The second-order valence-corrected chi connectivity index (χ2v) is 3.81. The summed E-state index contributed by atoms with van der Waals surface area (Å²) in [7, 11) is 0. The molecule has 0 radical (unpaired) electrons. The normalized spacial score (nSPS) is 12.2. The maximum absolute atomic E-state index is 4.57. The van der Waals surface area contributed by atoms with Crippen LogP contribution in [0.15, 0.2) is 41.4 Å². The Morgan fingerprint density at radius 2 is 2.00 bits per heavy atom. The molecule has 0 aromatic heterocycles. The molecular formula is C16H21N. The van der Waals surface area contributed by atoms with Gasteiger partial charge in [0, 0.05) is 11.8 Å². The van der Waals surface area contributed by atoms with E-state index in [0.717, 1.165) is 18.5 Å². The molecule has 0 aliphatic rings. The second-order valence-electron chi connectivity index (χ2n) is 3.81. The number of hydrogen-bond donors (Lipinski definition) is 0. The highest BCUT2D eigenvalue weighted by Crippen LogP contribution is 2.26. The van der Waals surface area contributed by atoms with E-state index >= 15 is 0 Å². The lowest BCUT2D eigenvalue weighted by Gasteiger charge is -2.06. The van der Waals surface area contributed by atoms with Gasteiger partial charge in [-0.2, -0.15) is 0 Å². The molecule has 17 heavy (non-hydrogen) atoms. The standard InChI is InChI=1S/C16H21N/c1-4-7-8-10-15-12-9-11-14(6-3)16(15)17-13-5-2/h4,7-13H,5-6H2,1-3H3/b7-4-,10-8-,17-13?. The van der Waals surface area contributed by atoms with Crippen LogP contribution in [0, 0.1) is 0 Å². The van der Waals surface area contributed by atoms with Crippen LogP contribution in [0.25, 0.3) is 6.08 Å². The minimum atomic E-state index is 0.968. The quantitative estimate of drug-likeness (QED) is 0.498. The van der Waals surface area contributed by atoms with E-state index in [1.807, 2.05) is 25.3 Å². The molecule has 1 rings (SSSR count). The summed E-state index contributed by atoms with van der Waals surface area (Å²) in [6.45, 7) is 6.29. The van der Waals surface area contributed by atoms with E-state index < -0.39 is 0 Å². The monoisotopic (exact) mass is 227 g/mol. The average Bonchev–Trinajstić information content (AvgIpc) is 2.37. The number of hydrogen-bond acceptors (Lipinski definition) is 1. The Labute approximate surface area is 105 Å². The third kappa shape index (κ3) is 4.03. The smallest absolute Gasteiger partial charge is 0.0729 e. The number of aryl methyl sites for hydroxylation is 1. The van der Waals surface area contributed by atoms with Crippen LogP contribution in [-0.2, 0) is 6.42 Å². The highest BCUT2D eigenvalue weighted by molar-refractivity contribution is 5.73. The zero-order valence-corrected chi connectivity index (χ0v) is 11.0. The average molecular weight is 227 g/mol. The van der Waals surface area contributed by atoms with E-state index in [9.17, 15) is 0 Å². The Morgan fingerprint density at radius 3 is 2.65 bits per heavy atom. The fourth-order valence-electron chi connectivity index (χ4n) is 1.64. The van der Waals surface area contributed by atoms with Crippen molar-refractivity contribution in [3.8, 4) is 0 Å². The van der Waals surface area contributed by atoms with E-state index in [4.69, 9.17) is 0 Å². The molecular weight excluding hydrogens is 206 g/mol. The number of benzene rings is 1. The first-order valence-electron chi connectivity index (χ1n) is 6.27. The molecule has 0 heterocycles. The topological polar surface area (TPSA) is 12.4 Å². The van der Waals surface area contributed by atoms with E-state index in [-0.39, 0.29) is 0 Å². The molecule has 0 saturated carbocycles. The van der Waals surface area contributed by atoms with Gasteiger partial charge in [-0.3, -0.25) is 4.99 Å². The number of para-hydroxylation sites is 1. The number of rotatable bonds is 5. The Balaban J connectivity index is 3.14. The molecule has 0 N–H and O–H groups in total. The van der Waals surface area contributed by atoms with Gasteiger partial charge in [-0.15, -0.1) is 0 Å². The van der Waals surface area contributed by atoms with Gasteiger partial charge in [0.15, 0.2) is 0 Å². The van der Waals surface area contributed by atoms with E-state index in [0.29, 0.717) is 0 Å². The van der Waals surface area contributed by atoms with Crippen LogP contribution in [0.2, 0.25) is 0 Å². The van der Waals surface area contributed by atoms with Gasteiger partial charge in [-0.25, -0.2) is 0 Å². The molecule has 0 unspecified atom stereocenters. The first-order chi connectivity index (χ1) is 8.33. The summed E-state index contributed by atoms with van der Waals surface area (Å²) in [6, 6.07) is 6.36. The summed E-state index contributed by atoms with van der Waals surface area (Å²) in [5, 5.41) is 0.